The minimum atomic E-state index is -3.87. The zero-order valence-electron chi connectivity index (χ0n) is 13.3. The standard InChI is InChI=1S/C15H25FN2O2S/c1-6-17-10-12-7-8-13(16)14(9-12)21(19,20)18-11(2)15(3,4)5/h7-9,11,17-18H,6,10H2,1-5H3. The minimum absolute atomic E-state index is 0.245. The molecule has 0 fully saturated rings. The highest BCUT2D eigenvalue weighted by Gasteiger charge is 2.27. The Morgan fingerprint density at radius 1 is 1.29 bits per heavy atom. The smallest absolute Gasteiger partial charge is 0.243 e. The second kappa shape index (κ2) is 6.85. The Morgan fingerprint density at radius 2 is 1.90 bits per heavy atom. The highest BCUT2D eigenvalue weighted by Crippen LogP contribution is 2.22. The summed E-state index contributed by atoms with van der Waals surface area (Å²) in [6, 6.07) is 3.86. The molecule has 0 bridgehead atoms. The molecule has 0 aliphatic rings. The summed E-state index contributed by atoms with van der Waals surface area (Å²) in [6.45, 7) is 10.8. The van der Waals surface area contributed by atoms with Gasteiger partial charge in [0.2, 0.25) is 10.0 Å². The second-order valence-corrected chi connectivity index (χ2v) is 7.94. The number of benzene rings is 1. The van der Waals surface area contributed by atoms with Crippen LogP contribution in [0.1, 0.15) is 40.2 Å². The van der Waals surface area contributed by atoms with E-state index in [1.165, 1.54) is 12.1 Å². The van der Waals surface area contributed by atoms with Crippen molar-refractivity contribution in [1.82, 2.24) is 10.0 Å². The maximum atomic E-state index is 13.9. The first-order chi connectivity index (χ1) is 9.58. The summed E-state index contributed by atoms with van der Waals surface area (Å²) in [6.07, 6.45) is 0. The first-order valence-corrected chi connectivity index (χ1v) is 8.57. The number of hydrogen-bond donors (Lipinski definition) is 2. The van der Waals surface area contributed by atoms with Gasteiger partial charge in [-0.3, -0.25) is 0 Å². The Hall–Kier alpha value is -0.980. The van der Waals surface area contributed by atoms with Crippen LogP contribution in [-0.2, 0) is 16.6 Å². The number of halogens is 1. The lowest BCUT2D eigenvalue weighted by Gasteiger charge is -2.27. The van der Waals surface area contributed by atoms with Crippen molar-refractivity contribution in [3.05, 3.63) is 29.6 Å². The molecule has 1 atom stereocenters. The van der Waals surface area contributed by atoms with E-state index in [1.54, 1.807) is 13.0 Å². The summed E-state index contributed by atoms with van der Waals surface area (Å²) in [7, 11) is -3.87. The first kappa shape index (κ1) is 18.1. The third-order valence-electron chi connectivity index (χ3n) is 3.50. The minimum Gasteiger partial charge on any atom is -0.313 e. The molecule has 1 aromatic rings. The number of rotatable bonds is 6. The zero-order chi connectivity index (χ0) is 16.3. The van der Waals surface area contributed by atoms with Crippen LogP contribution in [0.2, 0.25) is 0 Å². The van der Waals surface area contributed by atoms with Gasteiger partial charge in [-0.2, -0.15) is 0 Å². The maximum Gasteiger partial charge on any atom is 0.243 e. The Bertz CT molecular complexity index is 580. The summed E-state index contributed by atoms with van der Waals surface area (Å²) >= 11 is 0. The Balaban J connectivity index is 3.07. The fourth-order valence-corrected chi connectivity index (χ4v) is 3.18. The number of sulfonamides is 1. The van der Waals surface area contributed by atoms with Gasteiger partial charge < -0.3 is 5.32 Å². The van der Waals surface area contributed by atoms with Gasteiger partial charge in [0.25, 0.3) is 0 Å². The molecule has 0 aromatic heterocycles. The summed E-state index contributed by atoms with van der Waals surface area (Å²) < 4.78 is 41.2. The van der Waals surface area contributed by atoms with Gasteiger partial charge in [0.15, 0.2) is 0 Å². The van der Waals surface area contributed by atoms with Crippen molar-refractivity contribution >= 4 is 10.0 Å². The van der Waals surface area contributed by atoms with Crippen LogP contribution in [0.25, 0.3) is 0 Å². The molecule has 0 saturated heterocycles. The second-order valence-electron chi connectivity index (χ2n) is 6.25. The average molecular weight is 316 g/mol. The van der Waals surface area contributed by atoms with Crippen LogP contribution in [0.5, 0.6) is 0 Å². The summed E-state index contributed by atoms with van der Waals surface area (Å²) in [5.74, 6) is -0.733. The Morgan fingerprint density at radius 3 is 2.43 bits per heavy atom. The zero-order valence-corrected chi connectivity index (χ0v) is 14.1. The fraction of sp³-hybridized carbons (Fsp3) is 0.600. The average Bonchev–Trinajstić information content (AvgIpc) is 2.36. The topological polar surface area (TPSA) is 58.2 Å². The third-order valence-corrected chi connectivity index (χ3v) is 5.05. The molecule has 4 nitrogen and oxygen atoms in total. The summed E-state index contributed by atoms with van der Waals surface area (Å²) in [5.41, 5.74) is 0.493. The van der Waals surface area contributed by atoms with E-state index < -0.39 is 15.8 Å². The van der Waals surface area contributed by atoms with E-state index in [4.69, 9.17) is 0 Å². The quantitative estimate of drug-likeness (QED) is 0.848. The van der Waals surface area contributed by atoms with E-state index >= 15 is 0 Å². The summed E-state index contributed by atoms with van der Waals surface area (Å²) in [4.78, 5) is -0.297. The van der Waals surface area contributed by atoms with Crippen molar-refractivity contribution in [2.45, 2.75) is 52.1 Å². The van der Waals surface area contributed by atoms with Crippen LogP contribution in [0, 0.1) is 11.2 Å². The van der Waals surface area contributed by atoms with Crippen molar-refractivity contribution in [2.75, 3.05) is 6.54 Å². The first-order valence-electron chi connectivity index (χ1n) is 7.09. The largest absolute Gasteiger partial charge is 0.313 e. The highest BCUT2D eigenvalue weighted by molar-refractivity contribution is 7.89. The van der Waals surface area contributed by atoms with Gasteiger partial charge >= 0.3 is 0 Å². The molecule has 1 rings (SSSR count). The SMILES string of the molecule is CCNCc1ccc(F)c(S(=O)(=O)NC(C)C(C)(C)C)c1. The Labute approximate surface area is 127 Å². The molecule has 0 heterocycles. The fourth-order valence-electron chi connectivity index (χ4n) is 1.61. The van der Waals surface area contributed by atoms with Gasteiger partial charge in [0.1, 0.15) is 10.7 Å². The molecule has 21 heavy (non-hydrogen) atoms. The van der Waals surface area contributed by atoms with Gasteiger partial charge in [0, 0.05) is 12.6 Å². The van der Waals surface area contributed by atoms with Crippen LogP contribution in [0.4, 0.5) is 4.39 Å². The van der Waals surface area contributed by atoms with Gasteiger partial charge in [-0.15, -0.1) is 0 Å². The van der Waals surface area contributed by atoms with E-state index in [1.807, 2.05) is 27.7 Å². The highest BCUT2D eigenvalue weighted by atomic mass is 32.2. The van der Waals surface area contributed by atoms with Gasteiger partial charge in [-0.05, 0) is 36.6 Å². The van der Waals surface area contributed by atoms with Gasteiger partial charge in [-0.1, -0.05) is 33.8 Å². The third kappa shape index (κ3) is 5.05. The predicted molar refractivity (Wildman–Crippen MR) is 83.0 cm³/mol. The molecule has 2 N–H and O–H groups in total. The van der Waals surface area contributed by atoms with Crippen molar-refractivity contribution < 1.29 is 12.8 Å². The van der Waals surface area contributed by atoms with Crippen LogP contribution in [0.3, 0.4) is 0 Å². The normalized spacial score (nSPS) is 14.2. The molecule has 0 aliphatic heterocycles. The van der Waals surface area contributed by atoms with Gasteiger partial charge in [0.05, 0.1) is 0 Å². The monoisotopic (exact) mass is 316 g/mol. The molecule has 0 saturated carbocycles. The molecule has 6 heteroatoms. The molecule has 120 valence electrons. The van der Waals surface area contributed by atoms with Crippen molar-refractivity contribution in [2.24, 2.45) is 5.41 Å². The molecule has 1 aromatic carbocycles. The lowest BCUT2D eigenvalue weighted by atomic mass is 9.89. The van der Waals surface area contributed by atoms with Crippen molar-refractivity contribution in [1.29, 1.82) is 0 Å². The van der Waals surface area contributed by atoms with E-state index in [-0.39, 0.29) is 16.4 Å². The molecular weight excluding hydrogens is 291 g/mol. The van der Waals surface area contributed by atoms with Crippen LogP contribution >= 0.6 is 0 Å². The lowest BCUT2D eigenvalue weighted by molar-refractivity contribution is 0.317. The summed E-state index contributed by atoms with van der Waals surface area (Å²) in [5, 5.41) is 3.09. The van der Waals surface area contributed by atoms with Crippen LogP contribution < -0.4 is 10.0 Å². The molecule has 1 unspecified atom stereocenters. The maximum absolute atomic E-state index is 13.9. The molecule has 0 aliphatic carbocycles. The lowest BCUT2D eigenvalue weighted by Crippen LogP contribution is -2.41. The van der Waals surface area contributed by atoms with Crippen molar-refractivity contribution in [3.63, 3.8) is 0 Å². The molecule has 0 spiro atoms. The number of nitrogens with one attached hydrogen (secondary N) is 2. The van der Waals surface area contributed by atoms with Crippen molar-refractivity contribution in [3.8, 4) is 0 Å². The molecular formula is C15H25FN2O2S. The van der Waals surface area contributed by atoms with Crippen LogP contribution in [0.15, 0.2) is 23.1 Å². The van der Waals surface area contributed by atoms with Crippen LogP contribution in [-0.4, -0.2) is 21.0 Å². The predicted octanol–water partition coefficient (Wildman–Crippen LogP) is 2.65. The van der Waals surface area contributed by atoms with E-state index in [0.29, 0.717) is 6.54 Å². The van der Waals surface area contributed by atoms with E-state index in [9.17, 15) is 12.8 Å². The molecule has 0 radical (unpaired) electrons. The van der Waals surface area contributed by atoms with E-state index in [2.05, 4.69) is 10.0 Å². The number of hydrogen-bond acceptors (Lipinski definition) is 3. The molecule has 0 amide bonds. The van der Waals surface area contributed by atoms with Gasteiger partial charge in [-0.25, -0.2) is 17.5 Å². The van der Waals surface area contributed by atoms with E-state index in [0.717, 1.165) is 12.1 Å². The Kier molecular flexibility index (Phi) is 5.90.